The van der Waals surface area contributed by atoms with E-state index in [4.69, 9.17) is 4.74 Å². The Balaban J connectivity index is 2.69. The predicted octanol–water partition coefficient (Wildman–Crippen LogP) is 1.40. The van der Waals surface area contributed by atoms with E-state index in [1.54, 1.807) is 0 Å². The molecule has 0 aliphatic carbocycles. The van der Waals surface area contributed by atoms with Crippen LogP contribution in [0.2, 0.25) is 0 Å². The van der Waals surface area contributed by atoms with E-state index in [0.717, 1.165) is 6.61 Å². The average molecular weight is 99.2 g/mol. The first-order valence-electron chi connectivity index (χ1n) is 2.50. The first-order valence-corrected chi connectivity index (χ1v) is 2.50. The molecule has 1 radical (unpaired) electrons. The highest BCUT2D eigenvalue weighted by Gasteiger charge is 1.70. The van der Waals surface area contributed by atoms with Gasteiger partial charge in [0.25, 0.3) is 0 Å². The van der Waals surface area contributed by atoms with Crippen molar-refractivity contribution in [1.82, 2.24) is 0 Å². The first kappa shape index (κ1) is 6.70. The second-order valence-electron chi connectivity index (χ2n) is 1.13. The summed E-state index contributed by atoms with van der Waals surface area (Å²) in [5.41, 5.74) is 0. The van der Waals surface area contributed by atoms with Gasteiger partial charge in [0.15, 0.2) is 0 Å². The molecule has 0 atom stereocenters. The summed E-state index contributed by atoms with van der Waals surface area (Å²) >= 11 is 0. The second-order valence-corrected chi connectivity index (χ2v) is 1.13. The van der Waals surface area contributed by atoms with Crippen LogP contribution in [-0.2, 0) is 4.74 Å². The van der Waals surface area contributed by atoms with E-state index in [1.165, 1.54) is 0 Å². The van der Waals surface area contributed by atoms with Gasteiger partial charge in [0.05, 0.1) is 6.61 Å². The van der Waals surface area contributed by atoms with Crippen LogP contribution in [0.3, 0.4) is 0 Å². The number of hydrogen-bond donors (Lipinski definition) is 0. The fourth-order valence-electron chi connectivity index (χ4n) is 0.244. The first-order chi connectivity index (χ1) is 3.41. The topological polar surface area (TPSA) is 9.23 Å². The number of ether oxygens (including phenoxy) is 1. The highest BCUT2D eigenvalue weighted by molar-refractivity contribution is 4.65. The monoisotopic (exact) mass is 99.1 g/mol. The Morgan fingerprint density at radius 1 is 1.71 bits per heavy atom. The van der Waals surface area contributed by atoms with Crippen LogP contribution in [0, 0.1) is 6.08 Å². The number of allylic oxidation sites excluding steroid dienone is 1. The predicted molar refractivity (Wildman–Crippen MR) is 30.0 cm³/mol. The molecule has 1 nitrogen and oxygen atoms in total. The largest absolute Gasteiger partial charge is 0.377 e. The maximum absolute atomic E-state index is 4.93. The molecule has 0 saturated heterocycles. The molecule has 0 aliphatic rings. The van der Waals surface area contributed by atoms with Crippen molar-refractivity contribution in [3.8, 4) is 0 Å². The second kappa shape index (κ2) is 5.70. The maximum Gasteiger partial charge on any atom is 0.0716 e. The molecule has 7 heavy (non-hydrogen) atoms. The van der Waals surface area contributed by atoms with Crippen LogP contribution in [0.5, 0.6) is 0 Å². The standard InChI is InChI=1S/C6H11O/c1-3-5-6-7-4-2/h3H,4,6H2,1-2H3. The van der Waals surface area contributed by atoms with Gasteiger partial charge in [0.2, 0.25) is 0 Å². The smallest absolute Gasteiger partial charge is 0.0716 e. The van der Waals surface area contributed by atoms with Gasteiger partial charge >= 0.3 is 0 Å². The summed E-state index contributed by atoms with van der Waals surface area (Å²) in [5, 5.41) is 0. The summed E-state index contributed by atoms with van der Waals surface area (Å²) < 4.78 is 4.93. The van der Waals surface area contributed by atoms with Gasteiger partial charge in [-0.25, -0.2) is 0 Å². The molecule has 41 valence electrons. The van der Waals surface area contributed by atoms with Crippen molar-refractivity contribution in [2.75, 3.05) is 13.2 Å². The molecule has 1 heteroatoms. The van der Waals surface area contributed by atoms with E-state index in [0.29, 0.717) is 6.61 Å². The van der Waals surface area contributed by atoms with Gasteiger partial charge in [0.1, 0.15) is 0 Å². The van der Waals surface area contributed by atoms with Crippen molar-refractivity contribution < 1.29 is 4.74 Å². The van der Waals surface area contributed by atoms with Gasteiger partial charge in [-0.15, -0.1) is 0 Å². The van der Waals surface area contributed by atoms with Crippen molar-refractivity contribution in [3.05, 3.63) is 12.2 Å². The third kappa shape index (κ3) is 5.70. The van der Waals surface area contributed by atoms with Crippen LogP contribution in [0.1, 0.15) is 13.8 Å². The molecule has 0 aliphatic heterocycles. The van der Waals surface area contributed by atoms with Crippen LogP contribution < -0.4 is 0 Å². The molecule has 0 fully saturated rings. The molecular formula is C6H11O. The summed E-state index contributed by atoms with van der Waals surface area (Å²) in [5.74, 6) is 0. The van der Waals surface area contributed by atoms with Crippen molar-refractivity contribution in [3.63, 3.8) is 0 Å². The van der Waals surface area contributed by atoms with E-state index in [9.17, 15) is 0 Å². The minimum Gasteiger partial charge on any atom is -0.377 e. The summed E-state index contributed by atoms with van der Waals surface area (Å²) in [7, 11) is 0. The molecule has 0 rings (SSSR count). The van der Waals surface area contributed by atoms with Gasteiger partial charge in [-0.2, -0.15) is 0 Å². The fraction of sp³-hybridized carbons (Fsp3) is 0.667. The Morgan fingerprint density at radius 3 is 2.86 bits per heavy atom. The molecule has 0 aromatic carbocycles. The van der Waals surface area contributed by atoms with E-state index >= 15 is 0 Å². The molecule has 0 amide bonds. The zero-order valence-corrected chi connectivity index (χ0v) is 4.90. The molecule has 0 unspecified atom stereocenters. The Hall–Kier alpha value is -0.300. The molecule has 0 aromatic rings. The lowest BCUT2D eigenvalue weighted by Crippen LogP contribution is -1.87. The van der Waals surface area contributed by atoms with Gasteiger partial charge in [-0.3, -0.25) is 0 Å². The highest BCUT2D eigenvalue weighted by atomic mass is 16.5. The van der Waals surface area contributed by atoms with Crippen LogP contribution in [-0.4, -0.2) is 13.2 Å². The zero-order chi connectivity index (χ0) is 5.54. The summed E-state index contributed by atoms with van der Waals surface area (Å²) in [4.78, 5) is 0. The van der Waals surface area contributed by atoms with Crippen molar-refractivity contribution in [2.45, 2.75) is 13.8 Å². The molecule has 0 N–H and O–H groups in total. The van der Waals surface area contributed by atoms with Crippen LogP contribution in [0.25, 0.3) is 0 Å². The Kier molecular flexibility index (Phi) is 5.46. The lowest BCUT2D eigenvalue weighted by Gasteiger charge is -1.88. The van der Waals surface area contributed by atoms with E-state index in [1.807, 2.05) is 19.9 Å². The van der Waals surface area contributed by atoms with Crippen LogP contribution in [0.15, 0.2) is 6.08 Å². The minimum atomic E-state index is 0.632. The zero-order valence-electron chi connectivity index (χ0n) is 4.90. The van der Waals surface area contributed by atoms with Gasteiger partial charge in [0, 0.05) is 6.61 Å². The molecule has 0 bridgehead atoms. The SMILES string of the molecule is C/C=[C]/COCC. The molecule has 0 saturated carbocycles. The van der Waals surface area contributed by atoms with Crippen LogP contribution >= 0.6 is 0 Å². The molecular weight excluding hydrogens is 88.1 g/mol. The van der Waals surface area contributed by atoms with Crippen molar-refractivity contribution in [1.29, 1.82) is 0 Å². The van der Waals surface area contributed by atoms with E-state index in [2.05, 4.69) is 6.08 Å². The summed E-state index contributed by atoms with van der Waals surface area (Å²) in [6, 6.07) is 0. The van der Waals surface area contributed by atoms with Gasteiger partial charge in [-0.05, 0) is 19.9 Å². The number of rotatable bonds is 3. The van der Waals surface area contributed by atoms with Crippen LogP contribution in [0.4, 0.5) is 0 Å². The van der Waals surface area contributed by atoms with E-state index < -0.39 is 0 Å². The van der Waals surface area contributed by atoms with Gasteiger partial charge in [-0.1, -0.05) is 6.08 Å². The molecule has 0 heterocycles. The lowest BCUT2D eigenvalue weighted by molar-refractivity contribution is 0.173. The number of hydrogen-bond acceptors (Lipinski definition) is 1. The maximum atomic E-state index is 4.93. The molecule has 0 spiro atoms. The van der Waals surface area contributed by atoms with E-state index in [-0.39, 0.29) is 0 Å². The van der Waals surface area contributed by atoms with Crippen molar-refractivity contribution in [2.24, 2.45) is 0 Å². The minimum absolute atomic E-state index is 0.632. The molecule has 0 aromatic heterocycles. The highest BCUT2D eigenvalue weighted by Crippen LogP contribution is 1.72. The Labute approximate surface area is 45.0 Å². The summed E-state index contributed by atoms with van der Waals surface area (Å²) in [6.45, 7) is 5.31. The van der Waals surface area contributed by atoms with Crippen molar-refractivity contribution >= 4 is 0 Å². The lowest BCUT2D eigenvalue weighted by atomic mass is 10.5. The summed E-state index contributed by atoms with van der Waals surface area (Å²) in [6.07, 6.45) is 4.76. The third-order valence-corrected chi connectivity index (χ3v) is 0.594. The third-order valence-electron chi connectivity index (χ3n) is 0.594. The fourth-order valence-corrected chi connectivity index (χ4v) is 0.244. The normalized spacial score (nSPS) is 10.6. The Morgan fingerprint density at radius 2 is 2.43 bits per heavy atom. The van der Waals surface area contributed by atoms with Gasteiger partial charge < -0.3 is 4.74 Å². The average Bonchev–Trinajstić information content (AvgIpc) is 1.69. The Bertz CT molecular complexity index is 48.1. The quantitative estimate of drug-likeness (QED) is 0.486.